The second-order valence-electron chi connectivity index (χ2n) is 5.86. The molecule has 2 rings (SSSR count). The van der Waals surface area contributed by atoms with Gasteiger partial charge in [0.1, 0.15) is 6.61 Å². The van der Waals surface area contributed by atoms with Crippen molar-refractivity contribution in [2.75, 3.05) is 6.54 Å². The van der Waals surface area contributed by atoms with Crippen LogP contribution in [0.25, 0.3) is 0 Å². The van der Waals surface area contributed by atoms with Crippen LogP contribution in [0, 0.1) is 11.3 Å². The second-order valence-corrected chi connectivity index (χ2v) is 5.86. The van der Waals surface area contributed by atoms with Crippen LogP contribution in [-0.2, 0) is 16.1 Å². The number of nitrogens with zero attached hydrogens (tertiary/aromatic N) is 1. The van der Waals surface area contributed by atoms with Gasteiger partial charge < -0.3 is 14.7 Å². The molecule has 1 N–H and O–H groups in total. The predicted molar refractivity (Wildman–Crippen MR) is 77.7 cm³/mol. The summed E-state index contributed by atoms with van der Waals surface area (Å²) >= 11 is 0. The number of hydrogen-bond acceptors (Lipinski definition) is 3. The lowest BCUT2D eigenvalue weighted by Gasteiger charge is -2.30. The average molecular weight is 291 g/mol. The Balaban J connectivity index is 2.02. The fourth-order valence-corrected chi connectivity index (χ4v) is 2.80. The van der Waals surface area contributed by atoms with Crippen LogP contribution in [0.4, 0.5) is 4.79 Å². The van der Waals surface area contributed by atoms with Crippen molar-refractivity contribution in [3.05, 3.63) is 35.9 Å². The first kappa shape index (κ1) is 15.4. The molecule has 0 radical (unpaired) electrons. The van der Waals surface area contributed by atoms with Gasteiger partial charge in [0.15, 0.2) is 0 Å². The van der Waals surface area contributed by atoms with Gasteiger partial charge in [-0.1, -0.05) is 37.3 Å². The Morgan fingerprint density at radius 3 is 2.48 bits per heavy atom. The number of carboxylic acids is 1. The van der Waals surface area contributed by atoms with Crippen LogP contribution in [-0.4, -0.2) is 34.7 Å². The Morgan fingerprint density at radius 2 is 1.95 bits per heavy atom. The van der Waals surface area contributed by atoms with E-state index in [2.05, 4.69) is 0 Å². The Hall–Kier alpha value is -2.04. The highest BCUT2D eigenvalue weighted by atomic mass is 16.6. The molecule has 1 aromatic carbocycles. The fourth-order valence-electron chi connectivity index (χ4n) is 2.80. The van der Waals surface area contributed by atoms with Gasteiger partial charge in [-0.15, -0.1) is 0 Å². The van der Waals surface area contributed by atoms with E-state index in [0.29, 0.717) is 6.54 Å². The van der Waals surface area contributed by atoms with Crippen LogP contribution < -0.4 is 0 Å². The van der Waals surface area contributed by atoms with E-state index in [1.807, 2.05) is 37.3 Å². The Labute approximate surface area is 124 Å². The largest absolute Gasteiger partial charge is 0.481 e. The maximum atomic E-state index is 12.2. The molecule has 21 heavy (non-hydrogen) atoms. The highest BCUT2D eigenvalue weighted by molar-refractivity contribution is 5.78. The van der Waals surface area contributed by atoms with Crippen LogP contribution in [0.1, 0.15) is 26.3 Å². The van der Waals surface area contributed by atoms with Gasteiger partial charge in [0.05, 0.1) is 5.41 Å². The predicted octanol–water partition coefficient (Wildman–Crippen LogP) is 2.75. The quantitative estimate of drug-likeness (QED) is 0.930. The van der Waals surface area contributed by atoms with E-state index in [4.69, 9.17) is 4.74 Å². The molecule has 1 aliphatic heterocycles. The average Bonchev–Trinajstić information content (AvgIpc) is 2.71. The molecule has 5 nitrogen and oxygen atoms in total. The van der Waals surface area contributed by atoms with Crippen molar-refractivity contribution in [3.8, 4) is 0 Å². The summed E-state index contributed by atoms with van der Waals surface area (Å²) < 4.78 is 5.30. The Morgan fingerprint density at radius 1 is 1.33 bits per heavy atom. The molecule has 1 aromatic rings. The van der Waals surface area contributed by atoms with Gasteiger partial charge in [-0.25, -0.2) is 4.79 Å². The minimum absolute atomic E-state index is 0.116. The van der Waals surface area contributed by atoms with Crippen molar-refractivity contribution in [2.45, 2.75) is 33.4 Å². The first-order chi connectivity index (χ1) is 9.87. The maximum absolute atomic E-state index is 12.2. The SMILES string of the molecule is CC1N(C(=O)OCc2ccccc2)C[C@@H](C)[C@@]1(C)C(=O)O. The molecule has 1 aliphatic rings. The number of carbonyl (C=O) groups excluding carboxylic acids is 1. The minimum atomic E-state index is -0.939. The standard InChI is InChI=1S/C16H21NO4/c1-11-9-17(12(2)16(11,3)14(18)19)15(20)21-10-13-7-5-4-6-8-13/h4-8,11-12H,9-10H2,1-3H3,(H,18,19)/t11-,12?,16-/m1/s1. The van der Waals surface area contributed by atoms with Crippen LogP contribution in [0.3, 0.4) is 0 Å². The molecule has 114 valence electrons. The zero-order chi connectivity index (χ0) is 15.6. The summed E-state index contributed by atoms with van der Waals surface area (Å²) in [6.45, 7) is 5.91. The van der Waals surface area contributed by atoms with Crippen molar-refractivity contribution < 1.29 is 19.4 Å². The van der Waals surface area contributed by atoms with Gasteiger partial charge >= 0.3 is 12.1 Å². The smallest absolute Gasteiger partial charge is 0.410 e. The van der Waals surface area contributed by atoms with Gasteiger partial charge in [0.25, 0.3) is 0 Å². The highest BCUT2D eigenvalue weighted by Gasteiger charge is 2.54. The molecule has 1 heterocycles. The van der Waals surface area contributed by atoms with Gasteiger partial charge in [-0.2, -0.15) is 0 Å². The Kier molecular flexibility index (Phi) is 4.21. The summed E-state index contributed by atoms with van der Waals surface area (Å²) in [6.07, 6.45) is -0.455. The monoisotopic (exact) mass is 291 g/mol. The van der Waals surface area contributed by atoms with Gasteiger partial charge in [-0.05, 0) is 25.3 Å². The molecule has 0 aromatic heterocycles. The number of carboxylic acid groups (broad SMARTS) is 1. The molecule has 1 fully saturated rings. The van der Waals surface area contributed by atoms with E-state index in [1.165, 1.54) is 4.90 Å². The van der Waals surface area contributed by atoms with E-state index >= 15 is 0 Å². The molecule has 0 aliphatic carbocycles. The maximum Gasteiger partial charge on any atom is 0.410 e. The third kappa shape index (κ3) is 2.73. The summed E-state index contributed by atoms with van der Waals surface area (Å²) in [6, 6.07) is 9.02. The summed E-state index contributed by atoms with van der Waals surface area (Å²) in [4.78, 5) is 25.2. The molecular formula is C16H21NO4. The van der Waals surface area contributed by atoms with Gasteiger partial charge in [-0.3, -0.25) is 4.79 Å². The third-order valence-electron chi connectivity index (χ3n) is 4.73. The van der Waals surface area contributed by atoms with E-state index in [9.17, 15) is 14.7 Å². The first-order valence-electron chi connectivity index (χ1n) is 7.08. The zero-order valence-corrected chi connectivity index (χ0v) is 12.6. The van der Waals surface area contributed by atoms with Crippen LogP contribution >= 0.6 is 0 Å². The number of aliphatic carboxylic acids is 1. The van der Waals surface area contributed by atoms with Crippen molar-refractivity contribution in [1.29, 1.82) is 0 Å². The van der Waals surface area contributed by atoms with E-state index in [1.54, 1.807) is 13.8 Å². The van der Waals surface area contributed by atoms with Crippen molar-refractivity contribution in [1.82, 2.24) is 4.90 Å². The molecule has 0 bridgehead atoms. The first-order valence-corrected chi connectivity index (χ1v) is 7.08. The fraction of sp³-hybridized carbons (Fsp3) is 0.500. The zero-order valence-electron chi connectivity index (χ0n) is 12.6. The molecule has 1 amide bonds. The van der Waals surface area contributed by atoms with E-state index in [-0.39, 0.29) is 12.5 Å². The van der Waals surface area contributed by atoms with E-state index < -0.39 is 23.5 Å². The molecule has 3 atom stereocenters. The number of rotatable bonds is 3. The molecule has 5 heteroatoms. The molecular weight excluding hydrogens is 270 g/mol. The summed E-state index contributed by atoms with van der Waals surface area (Å²) in [7, 11) is 0. The lowest BCUT2D eigenvalue weighted by Crippen LogP contribution is -2.44. The summed E-state index contributed by atoms with van der Waals surface area (Å²) in [5.74, 6) is -0.991. The number of benzene rings is 1. The Bertz CT molecular complexity index is 530. The van der Waals surface area contributed by atoms with Crippen LogP contribution in [0.15, 0.2) is 30.3 Å². The number of likely N-dealkylation sites (tertiary alicyclic amines) is 1. The van der Waals surface area contributed by atoms with E-state index in [0.717, 1.165) is 5.56 Å². The number of ether oxygens (including phenoxy) is 1. The number of hydrogen-bond donors (Lipinski definition) is 1. The third-order valence-corrected chi connectivity index (χ3v) is 4.73. The summed E-state index contributed by atoms with van der Waals surface area (Å²) in [5.41, 5.74) is -0.0297. The van der Waals surface area contributed by atoms with Crippen LogP contribution in [0.2, 0.25) is 0 Å². The van der Waals surface area contributed by atoms with Crippen LogP contribution in [0.5, 0.6) is 0 Å². The number of amides is 1. The molecule has 0 spiro atoms. The molecule has 0 saturated carbocycles. The topological polar surface area (TPSA) is 66.8 Å². The minimum Gasteiger partial charge on any atom is -0.481 e. The molecule has 1 unspecified atom stereocenters. The van der Waals surface area contributed by atoms with Crippen molar-refractivity contribution >= 4 is 12.1 Å². The highest BCUT2D eigenvalue weighted by Crippen LogP contribution is 2.41. The molecule has 1 saturated heterocycles. The lowest BCUT2D eigenvalue weighted by molar-refractivity contribution is -0.150. The van der Waals surface area contributed by atoms with Gasteiger partial charge in [0, 0.05) is 12.6 Å². The van der Waals surface area contributed by atoms with Crippen molar-refractivity contribution in [2.24, 2.45) is 11.3 Å². The van der Waals surface area contributed by atoms with Crippen molar-refractivity contribution in [3.63, 3.8) is 0 Å². The normalized spacial score (nSPS) is 28.4. The summed E-state index contributed by atoms with van der Waals surface area (Å²) in [5, 5.41) is 9.44. The number of carbonyl (C=O) groups is 2. The van der Waals surface area contributed by atoms with Gasteiger partial charge in [0.2, 0.25) is 0 Å². The lowest BCUT2D eigenvalue weighted by atomic mass is 9.76. The second kappa shape index (κ2) is 5.76.